The van der Waals surface area contributed by atoms with Crippen LogP contribution in [0.5, 0.6) is 0 Å². The van der Waals surface area contributed by atoms with Crippen molar-refractivity contribution in [3.63, 3.8) is 0 Å². The summed E-state index contributed by atoms with van der Waals surface area (Å²) in [6.07, 6.45) is 2.09. The van der Waals surface area contributed by atoms with E-state index in [0.717, 1.165) is 24.2 Å². The molecule has 0 saturated carbocycles. The summed E-state index contributed by atoms with van der Waals surface area (Å²) in [7, 11) is 0. The van der Waals surface area contributed by atoms with Crippen LogP contribution >= 0.6 is 0 Å². The van der Waals surface area contributed by atoms with Gasteiger partial charge in [-0.3, -0.25) is 0 Å². The van der Waals surface area contributed by atoms with Gasteiger partial charge in [-0.15, -0.1) is 5.10 Å². The second kappa shape index (κ2) is 7.00. The van der Waals surface area contributed by atoms with Gasteiger partial charge in [0.1, 0.15) is 5.69 Å². The molecule has 0 bridgehead atoms. The normalized spacial score (nSPS) is 12.2. The van der Waals surface area contributed by atoms with Crippen LogP contribution in [0.3, 0.4) is 0 Å². The topological polar surface area (TPSA) is 30.7 Å². The number of nitrogens with zero attached hydrogens (tertiary/aromatic N) is 3. The molecule has 0 N–H and O–H groups in total. The van der Waals surface area contributed by atoms with Gasteiger partial charge < -0.3 is 0 Å². The first kappa shape index (κ1) is 16.4. The molecule has 1 heterocycles. The highest BCUT2D eigenvalue weighted by atomic mass is 15.4. The summed E-state index contributed by atoms with van der Waals surface area (Å²) in [5.41, 5.74) is 7.38. The molecule has 3 aromatic rings. The van der Waals surface area contributed by atoms with E-state index in [9.17, 15) is 0 Å². The standard InChI is InChI=1S/C19H19N3.C2H6/c1-13(2)22-19-17-10-6-4-8-15(17)12-11-14-7-3-5-9-16(14)18(19)20-21-22;1-2/h3-10,13H,11-12H2,1-2H3;1-2H3. The first-order valence-electron chi connectivity index (χ1n) is 8.87. The van der Waals surface area contributed by atoms with Crippen molar-refractivity contribution < 1.29 is 0 Å². The van der Waals surface area contributed by atoms with E-state index in [1.807, 2.05) is 13.8 Å². The van der Waals surface area contributed by atoms with E-state index in [0.29, 0.717) is 0 Å². The molecule has 0 fully saturated rings. The summed E-state index contributed by atoms with van der Waals surface area (Å²) in [5.74, 6) is 0. The second-order valence-electron chi connectivity index (χ2n) is 6.14. The molecular formula is C21H25N3. The average molecular weight is 319 g/mol. The Bertz CT molecular complexity index is 831. The Kier molecular flexibility index (Phi) is 4.79. The van der Waals surface area contributed by atoms with E-state index < -0.39 is 0 Å². The maximum atomic E-state index is 4.53. The van der Waals surface area contributed by atoms with Gasteiger partial charge in [0.2, 0.25) is 0 Å². The molecule has 0 aliphatic heterocycles. The molecule has 4 rings (SSSR count). The molecule has 24 heavy (non-hydrogen) atoms. The number of rotatable bonds is 1. The van der Waals surface area contributed by atoms with Gasteiger partial charge in [-0.2, -0.15) is 0 Å². The number of fused-ring (bicyclic) bond motifs is 5. The number of benzene rings is 2. The van der Waals surface area contributed by atoms with E-state index in [-0.39, 0.29) is 6.04 Å². The lowest BCUT2D eigenvalue weighted by atomic mass is 9.89. The van der Waals surface area contributed by atoms with Crippen LogP contribution in [-0.2, 0) is 12.8 Å². The number of hydrogen-bond acceptors (Lipinski definition) is 2. The maximum Gasteiger partial charge on any atom is 0.121 e. The highest BCUT2D eigenvalue weighted by molar-refractivity contribution is 5.82. The fourth-order valence-electron chi connectivity index (χ4n) is 3.30. The third-order valence-electron chi connectivity index (χ3n) is 4.39. The Labute approximate surface area is 144 Å². The molecular weight excluding hydrogens is 294 g/mol. The van der Waals surface area contributed by atoms with Gasteiger partial charge in [0, 0.05) is 17.2 Å². The Morgan fingerprint density at radius 3 is 2.00 bits per heavy atom. The lowest BCUT2D eigenvalue weighted by molar-refractivity contribution is 0.519. The molecule has 0 radical (unpaired) electrons. The van der Waals surface area contributed by atoms with E-state index >= 15 is 0 Å². The van der Waals surface area contributed by atoms with Gasteiger partial charge >= 0.3 is 0 Å². The predicted octanol–water partition coefficient (Wildman–Crippen LogP) is 5.32. The zero-order valence-corrected chi connectivity index (χ0v) is 15.0. The minimum atomic E-state index is 0.288. The van der Waals surface area contributed by atoms with Crippen LogP contribution < -0.4 is 0 Å². The molecule has 124 valence electrons. The summed E-state index contributed by atoms with van der Waals surface area (Å²) >= 11 is 0. The zero-order chi connectivity index (χ0) is 17.1. The molecule has 2 aromatic carbocycles. The van der Waals surface area contributed by atoms with Crippen molar-refractivity contribution >= 4 is 0 Å². The van der Waals surface area contributed by atoms with Gasteiger partial charge in [-0.1, -0.05) is 67.6 Å². The quantitative estimate of drug-likeness (QED) is 0.608. The molecule has 0 spiro atoms. The van der Waals surface area contributed by atoms with Crippen molar-refractivity contribution in [1.29, 1.82) is 0 Å². The molecule has 3 nitrogen and oxygen atoms in total. The van der Waals surface area contributed by atoms with Crippen molar-refractivity contribution in [3.8, 4) is 22.5 Å². The summed E-state index contributed by atoms with van der Waals surface area (Å²) in [4.78, 5) is 0. The SMILES string of the molecule is CC.CC(C)n1nnc2c1-c1ccccc1CCc1ccccc1-2. The van der Waals surface area contributed by atoms with Gasteiger partial charge in [0.25, 0.3) is 0 Å². The largest absolute Gasteiger partial charge is 0.242 e. The van der Waals surface area contributed by atoms with Crippen LogP contribution in [0.2, 0.25) is 0 Å². The fourth-order valence-corrected chi connectivity index (χ4v) is 3.30. The van der Waals surface area contributed by atoms with Gasteiger partial charge in [-0.05, 0) is 37.8 Å². The van der Waals surface area contributed by atoms with Gasteiger partial charge in [0.05, 0.1) is 5.69 Å². The van der Waals surface area contributed by atoms with E-state index in [4.69, 9.17) is 0 Å². The van der Waals surface area contributed by atoms with Crippen LogP contribution in [0.25, 0.3) is 22.5 Å². The lowest BCUT2D eigenvalue weighted by Crippen LogP contribution is -2.08. The molecule has 1 aliphatic carbocycles. The van der Waals surface area contributed by atoms with E-state index in [1.165, 1.54) is 22.3 Å². The van der Waals surface area contributed by atoms with Gasteiger partial charge in [-0.25, -0.2) is 4.68 Å². The predicted molar refractivity (Wildman–Crippen MR) is 100 cm³/mol. The number of aryl methyl sites for hydroxylation is 2. The molecule has 3 heteroatoms. The van der Waals surface area contributed by atoms with Crippen LogP contribution in [0, 0.1) is 0 Å². The van der Waals surface area contributed by atoms with Crippen molar-refractivity contribution in [2.75, 3.05) is 0 Å². The summed E-state index contributed by atoms with van der Waals surface area (Å²) in [6.45, 7) is 8.31. The number of hydrogen-bond donors (Lipinski definition) is 0. The molecule has 0 saturated heterocycles. The van der Waals surface area contributed by atoms with Crippen LogP contribution in [-0.4, -0.2) is 15.0 Å². The lowest BCUT2D eigenvalue weighted by Gasteiger charge is -2.18. The monoisotopic (exact) mass is 319 g/mol. The average Bonchev–Trinajstić information content (AvgIpc) is 3.05. The minimum Gasteiger partial charge on any atom is -0.242 e. The third kappa shape index (κ3) is 2.75. The highest BCUT2D eigenvalue weighted by Crippen LogP contribution is 2.38. The summed E-state index contributed by atoms with van der Waals surface area (Å²) in [5, 5.41) is 8.98. The van der Waals surface area contributed by atoms with E-state index in [2.05, 4.69) is 77.4 Å². The minimum absolute atomic E-state index is 0.288. The first-order chi connectivity index (χ1) is 11.8. The summed E-state index contributed by atoms with van der Waals surface area (Å²) < 4.78 is 2.05. The molecule has 1 aliphatic rings. The molecule has 1 aromatic heterocycles. The van der Waals surface area contributed by atoms with Crippen molar-refractivity contribution in [2.45, 2.75) is 46.6 Å². The number of aromatic nitrogens is 3. The summed E-state index contributed by atoms with van der Waals surface area (Å²) in [6, 6.07) is 17.5. The first-order valence-corrected chi connectivity index (χ1v) is 8.87. The molecule has 0 atom stereocenters. The van der Waals surface area contributed by atoms with E-state index in [1.54, 1.807) is 0 Å². The fraction of sp³-hybridized carbons (Fsp3) is 0.333. The Balaban J connectivity index is 0.000000815. The zero-order valence-electron chi connectivity index (χ0n) is 15.0. The highest BCUT2D eigenvalue weighted by Gasteiger charge is 2.23. The van der Waals surface area contributed by atoms with Crippen LogP contribution in [0.4, 0.5) is 0 Å². The molecule has 0 unspecified atom stereocenters. The van der Waals surface area contributed by atoms with Crippen LogP contribution in [0.1, 0.15) is 44.9 Å². The Morgan fingerprint density at radius 2 is 1.38 bits per heavy atom. The second-order valence-corrected chi connectivity index (χ2v) is 6.14. The Hall–Kier alpha value is -2.42. The van der Waals surface area contributed by atoms with Crippen molar-refractivity contribution in [2.24, 2.45) is 0 Å². The maximum absolute atomic E-state index is 4.53. The third-order valence-corrected chi connectivity index (χ3v) is 4.39. The smallest absolute Gasteiger partial charge is 0.121 e. The molecule has 0 amide bonds. The van der Waals surface area contributed by atoms with Gasteiger partial charge in [0.15, 0.2) is 0 Å². The van der Waals surface area contributed by atoms with Crippen molar-refractivity contribution in [3.05, 3.63) is 59.7 Å². The Morgan fingerprint density at radius 1 is 0.833 bits per heavy atom. The van der Waals surface area contributed by atoms with Crippen molar-refractivity contribution in [1.82, 2.24) is 15.0 Å². The van der Waals surface area contributed by atoms with Crippen LogP contribution in [0.15, 0.2) is 48.5 Å².